The Bertz CT molecular complexity index is 3690. The average Bonchev–Trinajstić information content (AvgIpc) is 3.71. The molecular formula is C67H55N. The number of hydrogen-bond donors (Lipinski definition) is 0. The van der Waals surface area contributed by atoms with Gasteiger partial charge in [-0.1, -0.05) is 251 Å². The molecule has 0 heterocycles. The van der Waals surface area contributed by atoms with E-state index in [2.05, 4.69) is 136 Å². The van der Waals surface area contributed by atoms with Crippen LogP contribution in [-0.4, -0.2) is 10.9 Å². The van der Waals surface area contributed by atoms with Gasteiger partial charge in [0.1, 0.15) is 0 Å². The van der Waals surface area contributed by atoms with Crippen LogP contribution in [-0.2, 0) is 5.41 Å². The summed E-state index contributed by atoms with van der Waals surface area (Å²) in [6.07, 6.45) is 12.0. The van der Waals surface area contributed by atoms with Gasteiger partial charge in [0.15, 0.2) is 0 Å². The summed E-state index contributed by atoms with van der Waals surface area (Å²) < 4.78 is 37.3. The van der Waals surface area contributed by atoms with E-state index in [1.165, 1.54) is 0 Å². The number of nitrogens with zero attached hydrogens (tertiary/aromatic N) is 1. The second-order valence-electron chi connectivity index (χ2n) is 16.8. The third kappa shape index (κ3) is 8.91. The molecule has 328 valence electrons. The lowest BCUT2D eigenvalue weighted by molar-refractivity contribution is 0.407. The Hall–Kier alpha value is -8.52. The summed E-state index contributed by atoms with van der Waals surface area (Å²) in [6.45, 7) is 18.6. The Kier molecular flexibility index (Phi) is 11.9. The van der Waals surface area contributed by atoms with Crippen molar-refractivity contribution in [2.45, 2.75) is 17.9 Å². The molecule has 0 saturated heterocycles. The number of fused-ring (bicyclic) bond motifs is 2. The highest BCUT2D eigenvalue weighted by molar-refractivity contribution is 5.95. The van der Waals surface area contributed by atoms with E-state index in [-0.39, 0.29) is 12.1 Å². The first-order valence-electron chi connectivity index (χ1n) is 25.0. The average molecular weight is 878 g/mol. The van der Waals surface area contributed by atoms with Gasteiger partial charge in [-0.15, -0.1) is 6.55 Å². The van der Waals surface area contributed by atoms with Crippen LogP contribution in [0.3, 0.4) is 0 Å². The van der Waals surface area contributed by atoms with Crippen LogP contribution in [0.5, 0.6) is 0 Å². The molecule has 0 spiro atoms. The van der Waals surface area contributed by atoms with E-state index >= 15 is 0 Å². The molecule has 0 fully saturated rings. The van der Waals surface area contributed by atoms with Gasteiger partial charge in [0, 0.05) is 13.3 Å². The van der Waals surface area contributed by atoms with Gasteiger partial charge in [-0.05, 0) is 118 Å². The van der Waals surface area contributed by atoms with Crippen molar-refractivity contribution in [3.63, 3.8) is 0 Å². The first kappa shape index (κ1) is 39.8. The molecule has 0 radical (unpaired) electrons. The van der Waals surface area contributed by atoms with Crippen molar-refractivity contribution in [1.29, 1.82) is 0 Å². The molecule has 0 aromatic heterocycles. The number of allylic oxidation sites excluding steroid dienone is 7. The van der Waals surface area contributed by atoms with E-state index in [0.29, 0.717) is 5.70 Å². The van der Waals surface area contributed by atoms with E-state index in [1.54, 1.807) is 11.0 Å². The lowest BCUT2D eigenvalue weighted by atomic mass is 9.67. The highest BCUT2D eigenvalue weighted by atomic mass is 15.1. The van der Waals surface area contributed by atoms with Gasteiger partial charge in [-0.25, -0.2) is 0 Å². The first-order valence-corrected chi connectivity index (χ1v) is 22.8. The molecule has 2 unspecified atom stereocenters. The van der Waals surface area contributed by atoms with Gasteiger partial charge >= 0.3 is 0 Å². The highest BCUT2D eigenvalue weighted by Gasteiger charge is 2.46. The van der Waals surface area contributed by atoms with Crippen LogP contribution < -0.4 is 10.4 Å². The van der Waals surface area contributed by atoms with Crippen molar-refractivity contribution in [3.8, 4) is 0 Å². The summed E-state index contributed by atoms with van der Waals surface area (Å²) in [5, 5.41) is 6.24. The lowest BCUT2D eigenvalue weighted by Gasteiger charge is -2.35. The summed E-state index contributed by atoms with van der Waals surface area (Å²) in [4.78, 5) is 1.76. The largest absolute Gasteiger partial charge is 0.341 e. The summed E-state index contributed by atoms with van der Waals surface area (Å²) in [6, 6.07) is 66.5. The SMILES string of the molecule is [2H]C=C([2H])C(C([2H])/C([2H])=C/c1cccc(/C=c2\cccc\c2=c2/ccccc2=C)c1)N(/C=C/C1=C(C=C)c2ccccc2C1(c1ccccc1)c1ccccc1)C(=C)/C=C\C(=C)c1cccc2ccccc12. The summed E-state index contributed by atoms with van der Waals surface area (Å²) in [5.74, 6) is 0. The molecule has 68 heavy (non-hydrogen) atoms. The third-order valence-electron chi connectivity index (χ3n) is 12.8. The fourth-order valence-corrected chi connectivity index (χ4v) is 9.55. The van der Waals surface area contributed by atoms with Gasteiger partial charge in [-0.2, -0.15) is 0 Å². The maximum atomic E-state index is 9.88. The molecule has 1 heteroatoms. The van der Waals surface area contributed by atoms with Gasteiger partial charge in [0.25, 0.3) is 0 Å². The standard InChI is InChI=1S/C67H55N/c1-6-58(36-23-27-52-26-22-28-53(47-52)48-55-30-16-19-39-63(55)60-37-17-14-25-49(60)3)68(51(5)44-43-50(4)61-41-24-31-54-29-15-18-38-62(54)61)46-45-66-59(7-2)64-40-20-21-42-65(64)67(66,56-32-10-8-11-33-56)57-34-12-9-13-35-57/h6-35,37-48,58H,1-5,36H2/b27-23+,44-43-,46-45+,55-48+,63-60-/i1D,6D,23D,36D/b6-1?,27-23+,44-43-,46-45+,55-48+,63-60-. The summed E-state index contributed by atoms with van der Waals surface area (Å²) >= 11 is 0. The summed E-state index contributed by atoms with van der Waals surface area (Å²) in [5.41, 5.74) is 9.18. The zero-order chi connectivity index (χ0) is 50.2. The fraction of sp³-hybridized carbons (Fsp3) is 0.0448. The lowest BCUT2D eigenvalue weighted by Crippen LogP contribution is -2.30. The molecule has 0 N–H and O–H groups in total. The van der Waals surface area contributed by atoms with Gasteiger partial charge in [-0.3, -0.25) is 0 Å². The first-order chi connectivity index (χ1) is 35.1. The topological polar surface area (TPSA) is 3.24 Å². The van der Waals surface area contributed by atoms with Crippen LogP contribution in [0.15, 0.2) is 280 Å². The van der Waals surface area contributed by atoms with Crippen LogP contribution in [0, 0.1) is 10.4 Å². The Balaban J connectivity index is 1.17. The van der Waals surface area contributed by atoms with Crippen LogP contribution >= 0.6 is 0 Å². The predicted molar refractivity (Wildman–Crippen MR) is 292 cm³/mol. The zero-order valence-electron chi connectivity index (χ0n) is 42.1. The van der Waals surface area contributed by atoms with Gasteiger partial charge in [0.05, 0.1) is 15.6 Å². The Labute approximate surface area is 407 Å². The van der Waals surface area contributed by atoms with Gasteiger partial charge < -0.3 is 4.90 Å². The second kappa shape index (κ2) is 20.3. The molecule has 1 aliphatic rings. The Morgan fingerprint density at radius 1 is 0.662 bits per heavy atom. The van der Waals surface area contributed by atoms with Crippen molar-refractivity contribution < 1.29 is 5.48 Å². The van der Waals surface area contributed by atoms with Crippen molar-refractivity contribution in [1.82, 2.24) is 4.90 Å². The van der Waals surface area contributed by atoms with Crippen molar-refractivity contribution in [2.75, 3.05) is 0 Å². The molecule has 9 rings (SSSR count). The zero-order valence-corrected chi connectivity index (χ0v) is 38.1. The normalized spacial score (nSPS) is 16.1. The quantitative estimate of drug-likeness (QED) is 0.0733. The van der Waals surface area contributed by atoms with Crippen LogP contribution in [0.2, 0.25) is 0 Å². The molecule has 0 aliphatic heterocycles. The molecule has 8 aromatic carbocycles. The van der Waals surface area contributed by atoms with E-state index in [0.717, 1.165) is 93.9 Å². The monoisotopic (exact) mass is 877 g/mol. The van der Waals surface area contributed by atoms with E-state index in [4.69, 9.17) is 1.37 Å². The molecule has 1 aliphatic carbocycles. The van der Waals surface area contributed by atoms with Crippen molar-refractivity contribution in [3.05, 3.63) is 340 Å². The molecule has 0 amide bonds. The van der Waals surface area contributed by atoms with Crippen molar-refractivity contribution >= 4 is 40.6 Å². The molecular weight excluding hydrogens is 819 g/mol. The smallest absolute Gasteiger partial charge is 0.0714 e. The Morgan fingerprint density at radius 2 is 1.31 bits per heavy atom. The predicted octanol–water partition coefficient (Wildman–Crippen LogP) is 14.9. The minimum Gasteiger partial charge on any atom is -0.341 e. The van der Waals surface area contributed by atoms with E-state index in [1.807, 2.05) is 128 Å². The van der Waals surface area contributed by atoms with E-state index in [9.17, 15) is 4.11 Å². The second-order valence-corrected chi connectivity index (χ2v) is 16.8. The maximum absolute atomic E-state index is 9.88. The number of hydrogen-bond acceptors (Lipinski definition) is 1. The molecule has 1 nitrogen and oxygen atoms in total. The van der Waals surface area contributed by atoms with Gasteiger partial charge in [0.2, 0.25) is 0 Å². The third-order valence-corrected chi connectivity index (χ3v) is 12.8. The van der Waals surface area contributed by atoms with E-state index < -0.39 is 17.9 Å². The molecule has 2 atom stereocenters. The fourth-order valence-electron chi connectivity index (χ4n) is 9.55. The maximum Gasteiger partial charge on any atom is 0.0714 e. The minimum absolute atomic E-state index is 0.0346. The number of rotatable bonds is 15. The number of benzene rings is 8. The minimum atomic E-state index is -1.33. The summed E-state index contributed by atoms with van der Waals surface area (Å²) in [7, 11) is 0. The molecule has 0 bridgehead atoms. The van der Waals surface area contributed by atoms with Crippen LogP contribution in [0.1, 0.15) is 50.8 Å². The Morgan fingerprint density at radius 3 is 2.07 bits per heavy atom. The van der Waals surface area contributed by atoms with Crippen LogP contribution in [0.25, 0.3) is 40.6 Å². The molecule has 8 aromatic rings. The van der Waals surface area contributed by atoms with Crippen LogP contribution in [0.4, 0.5) is 0 Å². The highest BCUT2D eigenvalue weighted by Crippen LogP contribution is 2.55. The van der Waals surface area contributed by atoms with Crippen molar-refractivity contribution in [2.24, 2.45) is 0 Å². The molecule has 0 saturated carbocycles.